The molecule has 0 N–H and O–H groups in total. The maximum atomic E-state index is 12.9. The summed E-state index contributed by atoms with van der Waals surface area (Å²) in [6.45, 7) is 0. The number of fused-ring (bicyclic) bond motifs is 6. The lowest BCUT2D eigenvalue weighted by atomic mass is 9.51. The summed E-state index contributed by atoms with van der Waals surface area (Å²) in [7, 11) is 0. The molecule has 4 atom stereocenters. The molecule has 0 bridgehead atoms. The monoisotopic (exact) mass is 303 g/mol. The molecule has 0 unspecified atom stereocenters. The molecule has 0 radical (unpaired) electrons. The van der Waals surface area contributed by atoms with Gasteiger partial charge in [-0.15, -0.1) is 0 Å². The zero-order chi connectivity index (χ0) is 15.6. The number of aryl methyl sites for hydroxylation is 1. The second-order valence-electron chi connectivity index (χ2n) is 6.83. The average molecular weight is 303 g/mol. The van der Waals surface area contributed by atoms with Crippen LogP contribution in [0.3, 0.4) is 0 Å². The van der Waals surface area contributed by atoms with Crippen molar-refractivity contribution in [3.63, 3.8) is 0 Å². The summed E-state index contributed by atoms with van der Waals surface area (Å²) < 4.78 is 0. The number of benzene rings is 2. The quantitative estimate of drug-likeness (QED) is 0.759. The van der Waals surface area contributed by atoms with Crippen molar-refractivity contribution >= 4 is 17.5 Å². The fourth-order valence-electron chi connectivity index (χ4n) is 4.91. The van der Waals surface area contributed by atoms with E-state index < -0.39 is 0 Å². The van der Waals surface area contributed by atoms with E-state index in [1.54, 1.807) is 0 Å². The lowest BCUT2D eigenvalue weighted by molar-refractivity contribution is -0.132. The van der Waals surface area contributed by atoms with Gasteiger partial charge in [-0.2, -0.15) is 0 Å². The molecule has 2 fully saturated rings. The second-order valence-corrected chi connectivity index (χ2v) is 6.83. The normalized spacial score (nSPS) is 31.2. The van der Waals surface area contributed by atoms with Crippen LogP contribution < -0.4 is 4.90 Å². The van der Waals surface area contributed by atoms with Gasteiger partial charge in [-0.05, 0) is 42.0 Å². The summed E-state index contributed by atoms with van der Waals surface area (Å²) in [5, 5.41) is 0. The Kier molecular flexibility index (Phi) is 2.58. The molecular weight excluding hydrogens is 286 g/mol. The highest BCUT2D eigenvalue weighted by Crippen LogP contribution is 2.61. The van der Waals surface area contributed by atoms with E-state index in [4.69, 9.17) is 0 Å². The van der Waals surface area contributed by atoms with Crippen molar-refractivity contribution in [2.45, 2.75) is 18.8 Å². The Hall–Kier alpha value is -2.42. The Bertz CT molecular complexity index is 813. The molecule has 2 aromatic carbocycles. The van der Waals surface area contributed by atoms with E-state index >= 15 is 0 Å². The van der Waals surface area contributed by atoms with Gasteiger partial charge >= 0.3 is 0 Å². The summed E-state index contributed by atoms with van der Waals surface area (Å²) >= 11 is 0. The highest BCUT2D eigenvalue weighted by molar-refractivity contribution is 6.23. The van der Waals surface area contributed by atoms with Crippen LogP contribution in [0, 0.1) is 17.8 Å². The van der Waals surface area contributed by atoms with Gasteiger partial charge in [0.25, 0.3) is 0 Å². The van der Waals surface area contributed by atoms with Crippen LogP contribution in [0.2, 0.25) is 0 Å². The van der Waals surface area contributed by atoms with Crippen LogP contribution in [0.1, 0.15) is 23.5 Å². The molecule has 0 spiro atoms. The van der Waals surface area contributed by atoms with Gasteiger partial charge in [0.1, 0.15) is 0 Å². The molecule has 1 heterocycles. The zero-order valence-electron chi connectivity index (χ0n) is 12.7. The Labute approximate surface area is 134 Å². The molecule has 5 rings (SSSR count). The van der Waals surface area contributed by atoms with Crippen LogP contribution in [0.15, 0.2) is 54.6 Å². The Morgan fingerprint density at radius 2 is 1.48 bits per heavy atom. The van der Waals surface area contributed by atoms with Crippen LogP contribution in [0.4, 0.5) is 5.69 Å². The fraction of sp³-hybridized carbons (Fsp3) is 0.300. The van der Waals surface area contributed by atoms with Gasteiger partial charge in [-0.3, -0.25) is 14.5 Å². The first-order chi connectivity index (χ1) is 11.3. The third-order valence-corrected chi connectivity index (χ3v) is 5.88. The molecule has 0 aromatic heterocycles. The van der Waals surface area contributed by atoms with Crippen molar-refractivity contribution in [2.75, 3.05) is 4.90 Å². The first-order valence-electron chi connectivity index (χ1n) is 8.28. The van der Waals surface area contributed by atoms with Crippen LogP contribution in [-0.4, -0.2) is 11.8 Å². The van der Waals surface area contributed by atoms with Gasteiger partial charge in [0.15, 0.2) is 0 Å². The van der Waals surface area contributed by atoms with E-state index in [-0.39, 0.29) is 29.6 Å². The molecule has 1 aliphatic heterocycles. The lowest BCUT2D eigenvalue weighted by Crippen LogP contribution is -2.49. The molecule has 1 saturated heterocycles. The van der Waals surface area contributed by atoms with Gasteiger partial charge in [0, 0.05) is 5.92 Å². The molecule has 2 aliphatic carbocycles. The largest absolute Gasteiger partial charge is 0.274 e. The minimum absolute atomic E-state index is 0.00633. The summed E-state index contributed by atoms with van der Waals surface area (Å²) in [6, 6.07) is 17.8. The molecule has 3 heteroatoms. The van der Waals surface area contributed by atoms with Crippen molar-refractivity contribution in [2.24, 2.45) is 17.8 Å². The van der Waals surface area contributed by atoms with Gasteiger partial charge in [-0.25, -0.2) is 0 Å². The minimum Gasteiger partial charge on any atom is -0.274 e. The van der Waals surface area contributed by atoms with Crippen molar-refractivity contribution in [3.05, 3.63) is 65.7 Å². The second kappa shape index (κ2) is 4.54. The number of hydrogen-bond donors (Lipinski definition) is 0. The van der Waals surface area contributed by atoms with E-state index in [0.29, 0.717) is 11.6 Å². The minimum atomic E-state index is -0.158. The van der Waals surface area contributed by atoms with Crippen molar-refractivity contribution in [3.8, 4) is 0 Å². The Morgan fingerprint density at radius 1 is 0.783 bits per heavy atom. The Balaban J connectivity index is 1.57. The third kappa shape index (κ3) is 1.60. The summed E-state index contributed by atoms with van der Waals surface area (Å²) in [5.41, 5.74) is 3.36. The molecular formula is C20H17NO2. The van der Waals surface area contributed by atoms with E-state index in [1.807, 2.05) is 36.4 Å². The summed E-state index contributed by atoms with van der Waals surface area (Å²) in [6.07, 6.45) is 2.04. The number of hydrogen-bond acceptors (Lipinski definition) is 2. The lowest BCUT2D eigenvalue weighted by Gasteiger charge is -2.49. The third-order valence-electron chi connectivity index (χ3n) is 5.88. The first-order valence-corrected chi connectivity index (χ1v) is 8.28. The summed E-state index contributed by atoms with van der Waals surface area (Å²) in [4.78, 5) is 27.2. The number of carbonyl (C=O) groups excluding carboxylic acids is 2. The number of imide groups is 1. The molecule has 2 aromatic rings. The van der Waals surface area contributed by atoms with Crippen LogP contribution >= 0.6 is 0 Å². The highest BCUT2D eigenvalue weighted by Gasteiger charge is 2.65. The fourth-order valence-corrected chi connectivity index (χ4v) is 4.91. The van der Waals surface area contributed by atoms with E-state index in [1.165, 1.54) is 16.0 Å². The molecule has 3 aliphatic rings. The van der Waals surface area contributed by atoms with Gasteiger partial charge in [-0.1, -0.05) is 42.5 Å². The van der Waals surface area contributed by atoms with Crippen LogP contribution in [0.5, 0.6) is 0 Å². The Morgan fingerprint density at radius 3 is 2.30 bits per heavy atom. The molecule has 1 saturated carbocycles. The number of carbonyl (C=O) groups is 2. The number of rotatable bonds is 1. The molecule has 3 nitrogen and oxygen atoms in total. The summed E-state index contributed by atoms with van der Waals surface area (Å²) in [5.74, 6) is 0.293. The maximum Gasteiger partial charge on any atom is 0.238 e. The maximum absolute atomic E-state index is 12.9. The van der Waals surface area contributed by atoms with Gasteiger partial charge in [0.05, 0.1) is 17.5 Å². The average Bonchev–Trinajstić information content (AvgIpc) is 2.77. The van der Waals surface area contributed by atoms with Gasteiger partial charge in [0.2, 0.25) is 11.8 Å². The SMILES string of the molecule is O=C1[C@@H]2[C@H]3CCc4ccccc4[C@H]3[C@@H]2C(=O)N1c1ccccc1. The van der Waals surface area contributed by atoms with E-state index in [2.05, 4.69) is 18.2 Å². The first kappa shape index (κ1) is 13.1. The standard InChI is InChI=1S/C20H17NO2/c22-19-17-15-11-10-12-6-4-5-9-14(12)16(15)18(17)20(23)21(19)13-7-2-1-3-8-13/h1-9,15-18H,10-11H2/t15-,16+,17+,18-/m0/s1. The van der Waals surface area contributed by atoms with Crippen molar-refractivity contribution < 1.29 is 9.59 Å². The predicted molar refractivity (Wildman–Crippen MR) is 86.9 cm³/mol. The molecule has 23 heavy (non-hydrogen) atoms. The number of nitrogens with zero attached hydrogens (tertiary/aromatic N) is 1. The molecule has 2 amide bonds. The van der Waals surface area contributed by atoms with Crippen LogP contribution in [-0.2, 0) is 16.0 Å². The van der Waals surface area contributed by atoms with Crippen molar-refractivity contribution in [1.82, 2.24) is 0 Å². The molecule has 114 valence electrons. The van der Waals surface area contributed by atoms with E-state index in [0.717, 1.165) is 12.8 Å². The number of anilines is 1. The van der Waals surface area contributed by atoms with Gasteiger partial charge < -0.3 is 0 Å². The van der Waals surface area contributed by atoms with Crippen molar-refractivity contribution in [1.29, 1.82) is 0 Å². The zero-order valence-corrected chi connectivity index (χ0v) is 12.7. The highest BCUT2D eigenvalue weighted by atomic mass is 16.2. The van der Waals surface area contributed by atoms with E-state index in [9.17, 15) is 9.59 Å². The number of amides is 2. The smallest absolute Gasteiger partial charge is 0.238 e. The topological polar surface area (TPSA) is 37.4 Å². The van der Waals surface area contributed by atoms with Crippen LogP contribution in [0.25, 0.3) is 0 Å². The number of para-hydroxylation sites is 1. The predicted octanol–water partition coefficient (Wildman–Crippen LogP) is 3.15.